The van der Waals surface area contributed by atoms with E-state index in [4.69, 9.17) is 14.5 Å². The molecule has 2 heterocycles. The zero-order chi connectivity index (χ0) is 52.0. The first kappa shape index (κ1) is 51.7. The van der Waals surface area contributed by atoms with E-state index in [1.54, 1.807) is 0 Å². The van der Waals surface area contributed by atoms with Gasteiger partial charge in [0.15, 0.2) is 5.78 Å². The molecule has 0 unspecified atom stereocenters. The molecule has 10 rings (SSSR count). The van der Waals surface area contributed by atoms with Gasteiger partial charge in [-0.2, -0.15) is 0 Å². The predicted octanol–water partition coefficient (Wildman–Crippen LogP) is 12.0. The number of nitrogens with one attached hydrogen (secondary N) is 1. The fourth-order valence-electron chi connectivity index (χ4n) is 17.3. The van der Waals surface area contributed by atoms with Crippen molar-refractivity contribution in [1.29, 1.82) is 0 Å². The highest BCUT2D eigenvalue weighted by molar-refractivity contribution is 6.02. The number of benzene rings is 2. The van der Waals surface area contributed by atoms with Crippen LogP contribution >= 0.6 is 0 Å². The highest BCUT2D eigenvalue weighted by Gasteiger charge is 2.71. The number of carbonyl (C=O) groups is 4. The Morgan fingerprint density at radius 3 is 2.18 bits per heavy atom. The third kappa shape index (κ3) is 8.34. The number of ketones is 1. The van der Waals surface area contributed by atoms with Crippen LogP contribution in [0.1, 0.15) is 157 Å². The minimum absolute atomic E-state index is 0.0118. The number of imidazole rings is 1. The molecule has 1 saturated heterocycles. The van der Waals surface area contributed by atoms with Crippen molar-refractivity contribution in [2.24, 2.45) is 62.6 Å². The Labute approximate surface area is 436 Å². The lowest BCUT2D eigenvalue weighted by molar-refractivity contribution is -0.235. The van der Waals surface area contributed by atoms with Crippen LogP contribution in [0.5, 0.6) is 0 Å². The smallest absolute Gasteiger partial charge is 0.318 e. The van der Waals surface area contributed by atoms with E-state index < -0.39 is 11.0 Å². The second-order valence-electron chi connectivity index (χ2n) is 26.4. The van der Waals surface area contributed by atoms with Crippen LogP contribution in [0, 0.1) is 62.6 Å². The zero-order valence-corrected chi connectivity index (χ0v) is 46.0. The minimum atomic E-state index is -0.702. The number of aromatic nitrogens is 2. The van der Waals surface area contributed by atoms with Crippen LogP contribution in [-0.2, 0) is 37.0 Å². The lowest BCUT2D eigenvalue weighted by Gasteiger charge is -2.72. The van der Waals surface area contributed by atoms with Gasteiger partial charge in [0.05, 0.1) is 35.3 Å². The Morgan fingerprint density at radius 2 is 1.49 bits per heavy atom. The van der Waals surface area contributed by atoms with E-state index in [-0.39, 0.29) is 87.8 Å². The quantitative estimate of drug-likeness (QED) is 0.178. The normalized spacial score (nSPS) is 35.2. The molecule has 1 N–H and O–H groups in total. The molecule has 11 atom stereocenters. The summed E-state index contributed by atoms with van der Waals surface area (Å²) >= 11 is 0. The lowest BCUT2D eigenvalue weighted by Crippen LogP contribution is -2.67. The number of esters is 2. The number of hydrogen-bond acceptors (Lipinski definition) is 8. The van der Waals surface area contributed by atoms with E-state index in [0.29, 0.717) is 31.2 Å². The number of amides is 2. The van der Waals surface area contributed by atoms with Crippen LogP contribution < -0.4 is 5.32 Å². The largest absolute Gasteiger partial charge is 0.462 e. The van der Waals surface area contributed by atoms with Crippen molar-refractivity contribution in [3.05, 3.63) is 89.4 Å². The van der Waals surface area contributed by atoms with Crippen LogP contribution in [0.15, 0.2) is 78.0 Å². The number of fused-ring (bicyclic) bond motifs is 7. The molecule has 1 aliphatic heterocycles. The van der Waals surface area contributed by atoms with Gasteiger partial charge >= 0.3 is 18.0 Å². The molecule has 2 aromatic carbocycles. The summed E-state index contributed by atoms with van der Waals surface area (Å²) in [6.07, 6.45) is 12.1. The van der Waals surface area contributed by atoms with Crippen LogP contribution in [0.25, 0.3) is 11.3 Å². The van der Waals surface area contributed by atoms with Gasteiger partial charge in [-0.15, -0.1) is 0 Å². The molecular formula is C62H85N5O6. The fourth-order valence-corrected chi connectivity index (χ4v) is 17.3. The highest BCUT2D eigenvalue weighted by Crippen LogP contribution is 2.76. The average molecular weight is 996 g/mol. The number of allylic oxidation sites excluding steroid dienone is 1. The van der Waals surface area contributed by atoms with Gasteiger partial charge in [-0.25, -0.2) is 9.78 Å². The molecule has 7 aliphatic rings. The number of carbonyl (C=O) groups excluding carboxylic acids is 4. The third-order valence-electron chi connectivity index (χ3n) is 21.6. The maximum absolute atomic E-state index is 15.1. The van der Waals surface area contributed by atoms with Gasteiger partial charge in [-0.05, 0) is 152 Å². The van der Waals surface area contributed by atoms with E-state index in [0.717, 1.165) is 106 Å². The molecule has 0 spiro atoms. The molecule has 0 bridgehead atoms. The lowest BCUT2D eigenvalue weighted by atomic mass is 9.33. The standard InChI is InChI=1S/C62H85N5O6/c1-39(2)51-47(68)36-62(64-56(71)67-32-18-23-45(67)53-63-37-46(41-21-16-13-17-22-41)66(53)34-33-65(10)11)31-30-60(8)42(52(51)62)24-25-49-59(7)28-27-50(58(5,6)48(59)26-29-61(49,60)9)73-55(70)44-35-43(57(44,3)4)54(69)72-38-40-19-14-12-15-20-40/h12-17,19-22,37,39,42-45,48-50H,18,23-36,38H2,1-11H3,(H,64,71)/t42-,43+,44-,45+,48+,49-,50+,59+,60-,61-,62-/m1/s1. The Kier molecular flexibility index (Phi) is 13.3. The van der Waals surface area contributed by atoms with Gasteiger partial charge in [0, 0.05) is 31.5 Å². The Hall–Kier alpha value is -4.77. The molecule has 394 valence electrons. The molecule has 11 heteroatoms. The predicted molar refractivity (Wildman–Crippen MR) is 285 cm³/mol. The van der Waals surface area contributed by atoms with Crippen molar-refractivity contribution in [2.75, 3.05) is 27.2 Å². The summed E-state index contributed by atoms with van der Waals surface area (Å²) in [6.45, 7) is 23.3. The van der Waals surface area contributed by atoms with Crippen LogP contribution in [0.4, 0.5) is 4.79 Å². The number of ether oxygens (including phenoxy) is 2. The van der Waals surface area contributed by atoms with Gasteiger partial charge in [-0.1, -0.05) is 123 Å². The van der Waals surface area contributed by atoms with Crippen molar-refractivity contribution < 1.29 is 28.7 Å². The molecule has 73 heavy (non-hydrogen) atoms. The second-order valence-corrected chi connectivity index (χ2v) is 26.4. The summed E-state index contributed by atoms with van der Waals surface area (Å²) in [5.41, 5.74) is 3.86. The fraction of sp³-hybridized carbons (Fsp3) is 0.661. The van der Waals surface area contributed by atoms with Crippen molar-refractivity contribution in [1.82, 2.24) is 24.7 Å². The molecule has 6 fully saturated rings. The average Bonchev–Trinajstić information content (AvgIpc) is 4.07. The Bertz CT molecular complexity index is 2640. The molecule has 11 nitrogen and oxygen atoms in total. The van der Waals surface area contributed by atoms with Crippen LogP contribution in [0.2, 0.25) is 0 Å². The van der Waals surface area contributed by atoms with E-state index >= 15 is 4.79 Å². The number of Topliss-reactive ketones (excluding diaryl/α,β-unsaturated/α-hetero) is 1. The third-order valence-corrected chi connectivity index (χ3v) is 21.6. The van der Waals surface area contributed by atoms with Gasteiger partial charge < -0.3 is 29.2 Å². The van der Waals surface area contributed by atoms with Crippen molar-refractivity contribution in [3.8, 4) is 11.3 Å². The number of likely N-dealkylation sites (tertiary alicyclic amines) is 1. The molecule has 5 saturated carbocycles. The summed E-state index contributed by atoms with van der Waals surface area (Å²) in [5, 5.41) is 3.72. The molecule has 6 aliphatic carbocycles. The summed E-state index contributed by atoms with van der Waals surface area (Å²) in [4.78, 5) is 66.4. The number of hydrogen-bond donors (Lipinski definition) is 1. The van der Waals surface area contributed by atoms with Crippen molar-refractivity contribution in [3.63, 3.8) is 0 Å². The SMILES string of the molecule is CC(C)C1=C2[C@H]3CC[C@@H]4[C@@]5(C)CC[C@H](OC(=O)[C@H]6C[C@@H](C(=O)OCc7ccccc7)C6(C)C)C(C)(C)[C@@H]5CC[C@@]4(C)[C@]3(C)CC[C@@]2(NC(=O)N2CCC[C@H]2c2ncc(-c3ccccc3)n2CCN(C)C)CC1=O. The first-order valence-corrected chi connectivity index (χ1v) is 28.1. The highest BCUT2D eigenvalue weighted by atomic mass is 16.5. The van der Waals surface area contributed by atoms with E-state index in [9.17, 15) is 14.4 Å². The first-order chi connectivity index (χ1) is 34.6. The van der Waals surface area contributed by atoms with E-state index in [2.05, 4.69) is 102 Å². The Morgan fingerprint density at radius 1 is 0.795 bits per heavy atom. The Balaban J connectivity index is 0.858. The molecule has 0 radical (unpaired) electrons. The van der Waals surface area contributed by atoms with Gasteiger partial charge in [-0.3, -0.25) is 14.4 Å². The van der Waals surface area contributed by atoms with Crippen LogP contribution in [0.3, 0.4) is 0 Å². The molecule has 1 aromatic heterocycles. The van der Waals surface area contributed by atoms with Gasteiger partial charge in [0.25, 0.3) is 0 Å². The van der Waals surface area contributed by atoms with Crippen LogP contribution in [-0.4, -0.2) is 81.9 Å². The number of rotatable bonds is 12. The first-order valence-electron chi connectivity index (χ1n) is 28.1. The second kappa shape index (κ2) is 18.8. The maximum Gasteiger partial charge on any atom is 0.318 e. The van der Waals surface area contributed by atoms with Crippen molar-refractivity contribution >= 4 is 23.8 Å². The summed E-state index contributed by atoms with van der Waals surface area (Å²) in [6, 6.07) is 19.9. The maximum atomic E-state index is 15.1. The van der Waals surface area contributed by atoms with Gasteiger partial charge in [0.1, 0.15) is 18.5 Å². The molecule has 2 amide bonds. The molecule has 3 aromatic rings. The zero-order valence-electron chi connectivity index (χ0n) is 46.0. The minimum Gasteiger partial charge on any atom is -0.462 e. The van der Waals surface area contributed by atoms with E-state index in [1.807, 2.05) is 61.3 Å². The molecular weight excluding hydrogens is 911 g/mol. The topological polar surface area (TPSA) is 123 Å². The van der Waals surface area contributed by atoms with Gasteiger partial charge in [0.2, 0.25) is 0 Å². The summed E-state index contributed by atoms with van der Waals surface area (Å²) in [7, 11) is 4.19. The summed E-state index contributed by atoms with van der Waals surface area (Å²) in [5.74, 6) is 1.13. The number of likely N-dealkylation sites (N-methyl/N-ethyl adjacent to an activating group) is 1. The summed E-state index contributed by atoms with van der Waals surface area (Å²) < 4.78 is 14.7. The number of nitrogens with zero attached hydrogens (tertiary/aromatic N) is 4. The van der Waals surface area contributed by atoms with Crippen molar-refractivity contribution in [2.45, 2.75) is 170 Å². The van der Waals surface area contributed by atoms with E-state index in [1.165, 1.54) is 5.57 Å². The monoisotopic (exact) mass is 996 g/mol. The number of urea groups is 1.